The minimum Gasteiger partial charge on any atom is -0.311 e. The lowest BCUT2D eigenvalue weighted by Gasteiger charge is -2.23. The lowest BCUT2D eigenvalue weighted by molar-refractivity contribution is 0.271. The number of benzene rings is 3. The van der Waals surface area contributed by atoms with E-state index in [0.29, 0.717) is 0 Å². The van der Waals surface area contributed by atoms with Crippen LogP contribution in [0.3, 0.4) is 0 Å². The average Bonchev–Trinajstić information content (AvgIpc) is 2.83. The highest BCUT2D eigenvalue weighted by Gasteiger charge is 2.05. The molecule has 3 rings (SSSR count). The van der Waals surface area contributed by atoms with E-state index in [4.69, 9.17) is 0 Å². The van der Waals surface area contributed by atoms with Crippen molar-refractivity contribution < 1.29 is 0 Å². The van der Waals surface area contributed by atoms with E-state index < -0.39 is 0 Å². The molecule has 0 spiro atoms. The molecule has 31 heavy (non-hydrogen) atoms. The first-order chi connectivity index (χ1) is 15.4. The normalized spacial score (nSPS) is 11.1. The largest absolute Gasteiger partial charge is 0.311 e. The molecule has 0 amide bonds. The molecule has 0 bridgehead atoms. The molecule has 4 heteroatoms. The summed E-state index contributed by atoms with van der Waals surface area (Å²) in [6, 6.07) is 31.8. The van der Waals surface area contributed by atoms with Crippen molar-refractivity contribution >= 4 is 0 Å². The standard InChI is InChI=1S/C27H36N4/c1-4-10-25(11-5-1)22-28-16-19-31(20-17-29-23-26-12-6-2-7-13-26)21-18-30-24-27-14-8-3-9-15-27/h1-15,28-30H,16-24H2. The van der Waals surface area contributed by atoms with E-state index in [0.717, 1.165) is 58.9 Å². The Morgan fingerprint density at radius 2 is 0.710 bits per heavy atom. The van der Waals surface area contributed by atoms with E-state index in [2.05, 4.69) is 112 Å². The summed E-state index contributed by atoms with van der Waals surface area (Å²) in [5, 5.41) is 10.7. The average molecular weight is 417 g/mol. The van der Waals surface area contributed by atoms with Gasteiger partial charge in [-0.1, -0.05) is 91.0 Å². The lowest BCUT2D eigenvalue weighted by atomic mass is 10.2. The van der Waals surface area contributed by atoms with Gasteiger partial charge in [0.25, 0.3) is 0 Å². The first kappa shape index (κ1) is 23.2. The van der Waals surface area contributed by atoms with Gasteiger partial charge < -0.3 is 16.0 Å². The Labute approximate surface area is 187 Å². The van der Waals surface area contributed by atoms with Gasteiger partial charge in [0, 0.05) is 58.9 Å². The molecule has 3 aromatic carbocycles. The van der Waals surface area contributed by atoms with E-state index >= 15 is 0 Å². The van der Waals surface area contributed by atoms with E-state index in [-0.39, 0.29) is 0 Å². The van der Waals surface area contributed by atoms with Crippen LogP contribution in [0.15, 0.2) is 91.0 Å². The molecule has 3 N–H and O–H groups in total. The fraction of sp³-hybridized carbons (Fsp3) is 0.333. The van der Waals surface area contributed by atoms with E-state index in [1.54, 1.807) is 0 Å². The third kappa shape index (κ3) is 9.90. The second-order valence-electron chi connectivity index (χ2n) is 7.83. The van der Waals surface area contributed by atoms with Crippen molar-refractivity contribution in [1.29, 1.82) is 0 Å². The van der Waals surface area contributed by atoms with Crippen LogP contribution in [0.1, 0.15) is 16.7 Å². The summed E-state index contributed by atoms with van der Waals surface area (Å²) in [6.07, 6.45) is 0. The summed E-state index contributed by atoms with van der Waals surface area (Å²) in [7, 11) is 0. The summed E-state index contributed by atoms with van der Waals surface area (Å²) in [6.45, 7) is 8.89. The van der Waals surface area contributed by atoms with Crippen LogP contribution in [0.2, 0.25) is 0 Å². The molecular weight excluding hydrogens is 380 g/mol. The van der Waals surface area contributed by atoms with Crippen molar-refractivity contribution in [2.75, 3.05) is 39.3 Å². The van der Waals surface area contributed by atoms with Crippen LogP contribution in [0.25, 0.3) is 0 Å². The summed E-state index contributed by atoms with van der Waals surface area (Å²) < 4.78 is 0. The molecular formula is C27H36N4. The molecule has 0 heterocycles. The van der Waals surface area contributed by atoms with Crippen molar-refractivity contribution in [3.8, 4) is 0 Å². The second-order valence-corrected chi connectivity index (χ2v) is 7.83. The van der Waals surface area contributed by atoms with Gasteiger partial charge in [0.1, 0.15) is 0 Å². The van der Waals surface area contributed by atoms with Gasteiger partial charge in [-0.05, 0) is 16.7 Å². The number of nitrogens with one attached hydrogen (secondary N) is 3. The second kappa shape index (κ2) is 14.5. The van der Waals surface area contributed by atoms with Gasteiger partial charge in [-0.2, -0.15) is 0 Å². The number of hydrogen-bond donors (Lipinski definition) is 3. The first-order valence-corrected chi connectivity index (χ1v) is 11.4. The summed E-state index contributed by atoms with van der Waals surface area (Å²) in [5.74, 6) is 0. The van der Waals surface area contributed by atoms with Crippen molar-refractivity contribution in [2.45, 2.75) is 19.6 Å². The molecule has 164 valence electrons. The molecule has 0 unspecified atom stereocenters. The van der Waals surface area contributed by atoms with Gasteiger partial charge in [0.05, 0.1) is 0 Å². The zero-order valence-electron chi connectivity index (χ0n) is 18.5. The molecule has 0 fully saturated rings. The minimum atomic E-state index is 0.924. The molecule has 0 aromatic heterocycles. The fourth-order valence-corrected chi connectivity index (χ4v) is 3.53. The van der Waals surface area contributed by atoms with Gasteiger partial charge in [0.2, 0.25) is 0 Å². The van der Waals surface area contributed by atoms with Crippen LogP contribution in [-0.2, 0) is 19.6 Å². The monoisotopic (exact) mass is 416 g/mol. The van der Waals surface area contributed by atoms with Crippen molar-refractivity contribution in [2.24, 2.45) is 0 Å². The Balaban J connectivity index is 1.36. The smallest absolute Gasteiger partial charge is 0.0206 e. The summed E-state index contributed by atoms with van der Waals surface area (Å²) >= 11 is 0. The van der Waals surface area contributed by atoms with Gasteiger partial charge in [0.15, 0.2) is 0 Å². The predicted molar refractivity (Wildman–Crippen MR) is 131 cm³/mol. The van der Waals surface area contributed by atoms with Crippen LogP contribution in [0.4, 0.5) is 0 Å². The predicted octanol–water partition coefficient (Wildman–Crippen LogP) is 3.66. The SMILES string of the molecule is c1ccc(CNCCN(CCNCc2ccccc2)CCNCc2ccccc2)cc1. The highest BCUT2D eigenvalue weighted by molar-refractivity contribution is 5.15. The molecule has 0 saturated heterocycles. The van der Waals surface area contributed by atoms with E-state index in [1.165, 1.54) is 16.7 Å². The molecule has 0 aliphatic rings. The maximum atomic E-state index is 3.58. The molecule has 4 nitrogen and oxygen atoms in total. The quantitative estimate of drug-likeness (QED) is 0.331. The Hall–Kier alpha value is -2.50. The van der Waals surface area contributed by atoms with Gasteiger partial charge in [-0.25, -0.2) is 0 Å². The third-order valence-electron chi connectivity index (χ3n) is 5.33. The zero-order valence-corrected chi connectivity index (χ0v) is 18.5. The first-order valence-electron chi connectivity index (χ1n) is 11.4. The molecule has 0 aliphatic heterocycles. The lowest BCUT2D eigenvalue weighted by Crippen LogP contribution is -2.40. The maximum absolute atomic E-state index is 3.58. The highest BCUT2D eigenvalue weighted by atomic mass is 15.2. The van der Waals surface area contributed by atoms with Crippen molar-refractivity contribution in [3.05, 3.63) is 108 Å². The minimum absolute atomic E-state index is 0.924. The van der Waals surface area contributed by atoms with Crippen LogP contribution in [-0.4, -0.2) is 44.2 Å². The van der Waals surface area contributed by atoms with Gasteiger partial charge >= 0.3 is 0 Å². The number of nitrogens with zero attached hydrogens (tertiary/aromatic N) is 1. The Morgan fingerprint density at radius 1 is 0.419 bits per heavy atom. The molecule has 0 atom stereocenters. The zero-order chi connectivity index (χ0) is 21.4. The topological polar surface area (TPSA) is 39.3 Å². The molecule has 0 saturated carbocycles. The molecule has 0 aliphatic carbocycles. The van der Waals surface area contributed by atoms with Crippen LogP contribution in [0.5, 0.6) is 0 Å². The Kier molecular flexibility index (Phi) is 10.8. The Bertz CT molecular complexity index is 695. The van der Waals surface area contributed by atoms with E-state index in [1.807, 2.05) is 0 Å². The third-order valence-corrected chi connectivity index (χ3v) is 5.33. The van der Waals surface area contributed by atoms with Gasteiger partial charge in [-0.15, -0.1) is 0 Å². The van der Waals surface area contributed by atoms with Crippen LogP contribution >= 0.6 is 0 Å². The summed E-state index contributed by atoms with van der Waals surface area (Å²) in [5.41, 5.74) is 4.01. The van der Waals surface area contributed by atoms with Crippen molar-refractivity contribution in [3.63, 3.8) is 0 Å². The fourth-order valence-electron chi connectivity index (χ4n) is 3.53. The van der Waals surface area contributed by atoms with E-state index in [9.17, 15) is 0 Å². The maximum Gasteiger partial charge on any atom is 0.0206 e. The molecule has 3 aromatic rings. The van der Waals surface area contributed by atoms with Crippen LogP contribution < -0.4 is 16.0 Å². The summed E-state index contributed by atoms with van der Waals surface area (Å²) in [4.78, 5) is 2.54. The Morgan fingerprint density at radius 3 is 1.00 bits per heavy atom. The highest BCUT2D eigenvalue weighted by Crippen LogP contribution is 1.99. The number of rotatable bonds is 15. The number of hydrogen-bond acceptors (Lipinski definition) is 4. The molecule has 0 radical (unpaired) electrons. The van der Waals surface area contributed by atoms with Crippen LogP contribution in [0, 0.1) is 0 Å². The van der Waals surface area contributed by atoms with Crippen molar-refractivity contribution in [1.82, 2.24) is 20.9 Å². The van der Waals surface area contributed by atoms with Gasteiger partial charge in [-0.3, -0.25) is 4.90 Å².